The minimum absolute atomic E-state index is 0.195. The number of hydrogen-bond donors (Lipinski definition) is 0. The number of benzene rings is 2. The lowest BCUT2D eigenvalue weighted by molar-refractivity contribution is -0.402. The Hall–Kier alpha value is -3.27. The van der Waals surface area contributed by atoms with Gasteiger partial charge in [-0.25, -0.2) is 4.98 Å². The van der Waals surface area contributed by atoms with Gasteiger partial charge in [-0.15, -0.1) is 0 Å². The Bertz CT molecular complexity index is 1280. The maximum atomic E-state index is 13.2. The summed E-state index contributed by atoms with van der Waals surface area (Å²) in [5.74, 6) is 0.341. The van der Waals surface area contributed by atoms with Crippen LogP contribution >= 0.6 is 22.6 Å². The molecular formula is C20H12IN3O4. The maximum absolute atomic E-state index is 13.2. The van der Waals surface area contributed by atoms with Crippen LogP contribution in [0.25, 0.3) is 28.7 Å². The first kappa shape index (κ1) is 18.1. The molecular weight excluding hydrogens is 473 g/mol. The summed E-state index contributed by atoms with van der Waals surface area (Å²) in [5.41, 5.74) is 1.05. The van der Waals surface area contributed by atoms with E-state index in [-0.39, 0.29) is 11.4 Å². The van der Waals surface area contributed by atoms with Crippen molar-refractivity contribution < 1.29 is 9.34 Å². The molecule has 0 saturated heterocycles. The van der Waals surface area contributed by atoms with E-state index in [2.05, 4.69) is 27.6 Å². The van der Waals surface area contributed by atoms with Gasteiger partial charge in [0.1, 0.15) is 16.5 Å². The number of rotatable bonds is 4. The molecule has 0 radical (unpaired) electrons. The first-order valence-electron chi connectivity index (χ1n) is 8.23. The number of furan rings is 1. The highest BCUT2D eigenvalue weighted by Crippen LogP contribution is 2.20. The third-order valence-corrected chi connectivity index (χ3v) is 4.73. The lowest BCUT2D eigenvalue weighted by Gasteiger charge is -2.11. The molecule has 7 nitrogen and oxygen atoms in total. The van der Waals surface area contributed by atoms with Gasteiger partial charge in [0.2, 0.25) is 0 Å². The van der Waals surface area contributed by atoms with Gasteiger partial charge in [-0.2, -0.15) is 0 Å². The van der Waals surface area contributed by atoms with E-state index in [1.807, 2.05) is 36.4 Å². The van der Waals surface area contributed by atoms with Crippen LogP contribution in [0.15, 0.2) is 69.9 Å². The Morgan fingerprint density at radius 1 is 1.07 bits per heavy atom. The van der Waals surface area contributed by atoms with Crippen LogP contribution < -0.4 is 5.56 Å². The SMILES string of the molecule is O=c1c2cc(I)ccc2nc(/C=C/c2ccc([N+](=O)[O-])o2)n1-c1ccccc1. The average molecular weight is 485 g/mol. The highest BCUT2D eigenvalue weighted by atomic mass is 127. The number of para-hydroxylation sites is 1. The van der Waals surface area contributed by atoms with Crippen molar-refractivity contribution in [2.75, 3.05) is 0 Å². The molecule has 0 bridgehead atoms. The van der Waals surface area contributed by atoms with Crippen LogP contribution in [0.2, 0.25) is 0 Å². The van der Waals surface area contributed by atoms with Crippen LogP contribution in [-0.2, 0) is 0 Å². The van der Waals surface area contributed by atoms with E-state index in [1.54, 1.807) is 24.3 Å². The Kier molecular flexibility index (Phi) is 4.78. The van der Waals surface area contributed by atoms with Gasteiger partial charge >= 0.3 is 5.88 Å². The predicted octanol–water partition coefficient (Wildman–Crippen LogP) is 4.66. The molecule has 0 aliphatic rings. The number of aromatic nitrogens is 2. The van der Waals surface area contributed by atoms with Gasteiger partial charge in [0.15, 0.2) is 0 Å². The first-order valence-corrected chi connectivity index (χ1v) is 9.31. The zero-order chi connectivity index (χ0) is 19.7. The third kappa shape index (κ3) is 3.46. The monoisotopic (exact) mass is 485 g/mol. The molecule has 2 heterocycles. The molecule has 0 unspecified atom stereocenters. The zero-order valence-corrected chi connectivity index (χ0v) is 16.4. The van der Waals surface area contributed by atoms with Crippen LogP contribution in [0.3, 0.4) is 0 Å². The molecule has 2 aromatic carbocycles. The second-order valence-electron chi connectivity index (χ2n) is 5.87. The molecule has 0 N–H and O–H groups in total. The fraction of sp³-hybridized carbons (Fsp3) is 0. The molecule has 0 aliphatic heterocycles. The summed E-state index contributed by atoms with van der Waals surface area (Å²) in [7, 11) is 0. The summed E-state index contributed by atoms with van der Waals surface area (Å²) in [6.45, 7) is 0. The van der Waals surface area contributed by atoms with E-state index in [4.69, 9.17) is 4.42 Å². The maximum Gasteiger partial charge on any atom is 0.433 e. The number of fused-ring (bicyclic) bond motifs is 1. The molecule has 8 heteroatoms. The Labute approximate surface area is 172 Å². The number of hydrogen-bond acceptors (Lipinski definition) is 5. The van der Waals surface area contributed by atoms with Gasteiger partial charge < -0.3 is 4.42 Å². The highest BCUT2D eigenvalue weighted by Gasteiger charge is 2.13. The van der Waals surface area contributed by atoms with Crippen molar-refractivity contribution in [3.05, 3.63) is 96.3 Å². The first-order chi connectivity index (χ1) is 13.5. The van der Waals surface area contributed by atoms with Crippen molar-refractivity contribution in [1.29, 1.82) is 0 Å². The molecule has 28 heavy (non-hydrogen) atoms. The van der Waals surface area contributed by atoms with E-state index >= 15 is 0 Å². The Morgan fingerprint density at radius 3 is 2.57 bits per heavy atom. The molecule has 0 fully saturated rings. The van der Waals surface area contributed by atoms with Crippen LogP contribution in [0.5, 0.6) is 0 Å². The molecule has 0 atom stereocenters. The van der Waals surface area contributed by atoms with Crippen LogP contribution in [0.4, 0.5) is 5.88 Å². The Balaban J connectivity index is 1.90. The highest BCUT2D eigenvalue weighted by molar-refractivity contribution is 14.1. The molecule has 0 saturated carbocycles. The molecule has 0 spiro atoms. The minimum atomic E-state index is -0.604. The van der Waals surface area contributed by atoms with Crippen molar-refractivity contribution in [2.24, 2.45) is 0 Å². The van der Waals surface area contributed by atoms with E-state index in [0.29, 0.717) is 28.2 Å². The van der Waals surface area contributed by atoms with Crippen LogP contribution in [0, 0.1) is 13.7 Å². The molecule has 0 amide bonds. The number of halogens is 1. The van der Waals surface area contributed by atoms with Crippen LogP contribution in [0.1, 0.15) is 11.6 Å². The fourth-order valence-electron chi connectivity index (χ4n) is 2.80. The van der Waals surface area contributed by atoms with Crippen molar-refractivity contribution in [2.45, 2.75) is 0 Å². The summed E-state index contributed by atoms with van der Waals surface area (Å²) in [6, 6.07) is 17.4. The van der Waals surface area contributed by atoms with Gasteiger partial charge in [0, 0.05) is 3.57 Å². The van der Waals surface area contributed by atoms with E-state index in [0.717, 1.165) is 3.57 Å². The van der Waals surface area contributed by atoms with E-state index < -0.39 is 4.92 Å². The average Bonchev–Trinajstić information content (AvgIpc) is 3.17. The molecule has 0 aliphatic carbocycles. The van der Waals surface area contributed by atoms with Crippen molar-refractivity contribution in [1.82, 2.24) is 9.55 Å². The lowest BCUT2D eigenvalue weighted by atomic mass is 10.2. The second-order valence-corrected chi connectivity index (χ2v) is 7.12. The molecule has 2 aromatic heterocycles. The minimum Gasteiger partial charge on any atom is -0.401 e. The van der Waals surface area contributed by atoms with Crippen molar-refractivity contribution in [3.63, 3.8) is 0 Å². The van der Waals surface area contributed by atoms with E-state index in [1.165, 1.54) is 16.7 Å². The summed E-state index contributed by atoms with van der Waals surface area (Å²) in [6.07, 6.45) is 3.15. The summed E-state index contributed by atoms with van der Waals surface area (Å²) < 4.78 is 7.59. The zero-order valence-electron chi connectivity index (χ0n) is 14.3. The van der Waals surface area contributed by atoms with Crippen molar-refractivity contribution >= 4 is 51.5 Å². The summed E-state index contributed by atoms with van der Waals surface area (Å²) in [5, 5.41) is 11.3. The third-order valence-electron chi connectivity index (χ3n) is 4.06. The quantitative estimate of drug-likeness (QED) is 0.238. The summed E-state index contributed by atoms with van der Waals surface area (Å²) >= 11 is 2.15. The van der Waals surface area contributed by atoms with Gasteiger partial charge in [-0.05, 0) is 71.1 Å². The fourth-order valence-corrected chi connectivity index (χ4v) is 3.29. The van der Waals surface area contributed by atoms with Crippen LogP contribution in [-0.4, -0.2) is 14.5 Å². The van der Waals surface area contributed by atoms with E-state index in [9.17, 15) is 14.9 Å². The molecule has 138 valence electrons. The topological polar surface area (TPSA) is 91.2 Å². The standard InChI is InChI=1S/C20H12IN3O4/c21-13-6-9-17-16(12-13)20(25)23(14-4-2-1-3-5-14)18(22-17)10-7-15-8-11-19(28-15)24(26)27/h1-12H/b10-7+. The second kappa shape index (κ2) is 7.39. The van der Waals surface area contributed by atoms with Gasteiger partial charge in [-0.3, -0.25) is 19.5 Å². The number of nitrogens with zero attached hydrogens (tertiary/aromatic N) is 3. The predicted molar refractivity (Wildman–Crippen MR) is 114 cm³/mol. The smallest absolute Gasteiger partial charge is 0.401 e. The van der Waals surface area contributed by atoms with Crippen molar-refractivity contribution in [3.8, 4) is 5.69 Å². The van der Waals surface area contributed by atoms with Gasteiger partial charge in [0.25, 0.3) is 5.56 Å². The van der Waals surface area contributed by atoms with Gasteiger partial charge in [-0.1, -0.05) is 18.2 Å². The largest absolute Gasteiger partial charge is 0.433 e. The molecule has 4 rings (SSSR count). The Morgan fingerprint density at radius 2 is 1.86 bits per heavy atom. The summed E-state index contributed by atoms with van der Waals surface area (Å²) in [4.78, 5) is 28.0. The normalized spacial score (nSPS) is 11.3. The number of nitro groups is 1. The lowest BCUT2D eigenvalue weighted by Crippen LogP contribution is -2.22. The molecule has 4 aromatic rings. The van der Waals surface area contributed by atoms with Gasteiger partial charge in [0.05, 0.1) is 22.7 Å².